The van der Waals surface area contributed by atoms with Crippen LogP contribution in [0.2, 0.25) is 0 Å². The highest BCUT2D eigenvalue weighted by Gasteiger charge is 2.37. The first kappa shape index (κ1) is 22.2. The SMILES string of the molecule is N#Cc1ccc(N(CC2N=C(C3CCNCC3)ON2)CC(F)(F)F)cc1C(F)(F)F. The molecule has 0 radical (unpaired) electrons. The smallest absolute Gasteiger partial charge is 0.391 e. The number of halogens is 6. The van der Waals surface area contributed by atoms with Crippen molar-refractivity contribution in [3.63, 3.8) is 0 Å². The van der Waals surface area contributed by atoms with Gasteiger partial charge in [-0.05, 0) is 44.1 Å². The fraction of sp³-hybridized carbons (Fsp3) is 0.556. The van der Waals surface area contributed by atoms with Gasteiger partial charge < -0.3 is 15.1 Å². The largest absolute Gasteiger partial charge is 0.417 e. The molecule has 0 amide bonds. The van der Waals surface area contributed by atoms with E-state index in [2.05, 4.69) is 15.8 Å². The fourth-order valence-electron chi connectivity index (χ4n) is 3.42. The minimum absolute atomic E-state index is 0.0339. The molecular weight excluding hydrogens is 416 g/mol. The van der Waals surface area contributed by atoms with Gasteiger partial charge in [0.25, 0.3) is 0 Å². The second-order valence-electron chi connectivity index (χ2n) is 7.06. The molecular formula is C18H19F6N5O. The monoisotopic (exact) mass is 435 g/mol. The van der Waals surface area contributed by atoms with E-state index < -0.39 is 36.2 Å². The summed E-state index contributed by atoms with van der Waals surface area (Å²) in [6.07, 6.45) is -8.87. The van der Waals surface area contributed by atoms with E-state index in [1.54, 1.807) is 0 Å². The minimum atomic E-state index is -4.87. The third-order valence-electron chi connectivity index (χ3n) is 4.83. The Bertz CT molecular complexity index is 826. The molecule has 30 heavy (non-hydrogen) atoms. The summed E-state index contributed by atoms with van der Waals surface area (Å²) in [6, 6.07) is 3.89. The van der Waals surface area contributed by atoms with Crippen molar-refractivity contribution in [3.05, 3.63) is 29.3 Å². The first-order valence-corrected chi connectivity index (χ1v) is 9.20. The van der Waals surface area contributed by atoms with Crippen LogP contribution in [0, 0.1) is 17.2 Å². The maximum Gasteiger partial charge on any atom is 0.417 e. The van der Waals surface area contributed by atoms with Gasteiger partial charge in [-0.25, -0.2) is 4.99 Å². The number of rotatable bonds is 5. The Labute approximate surface area is 168 Å². The number of nitrogens with zero attached hydrogens (tertiary/aromatic N) is 3. The van der Waals surface area contributed by atoms with E-state index in [1.165, 1.54) is 6.07 Å². The van der Waals surface area contributed by atoms with Gasteiger partial charge in [-0.15, -0.1) is 5.48 Å². The number of benzene rings is 1. The van der Waals surface area contributed by atoms with Crippen molar-refractivity contribution < 1.29 is 31.2 Å². The molecule has 1 saturated heterocycles. The Hall–Kier alpha value is -2.52. The molecule has 2 N–H and O–H groups in total. The number of aliphatic imine (C=N–C) groups is 1. The Morgan fingerprint density at radius 2 is 1.87 bits per heavy atom. The molecule has 1 fully saturated rings. The van der Waals surface area contributed by atoms with Gasteiger partial charge in [0.1, 0.15) is 6.54 Å². The van der Waals surface area contributed by atoms with E-state index in [-0.39, 0.29) is 18.2 Å². The van der Waals surface area contributed by atoms with Gasteiger partial charge in [0.05, 0.1) is 23.7 Å². The molecule has 1 aromatic carbocycles. The van der Waals surface area contributed by atoms with Crippen LogP contribution in [0.15, 0.2) is 23.2 Å². The Kier molecular flexibility index (Phi) is 6.42. The third-order valence-corrected chi connectivity index (χ3v) is 4.83. The summed E-state index contributed by atoms with van der Waals surface area (Å²) < 4.78 is 79.0. The molecule has 164 valence electrons. The highest BCUT2D eigenvalue weighted by molar-refractivity contribution is 5.80. The molecule has 0 aliphatic carbocycles. The average Bonchev–Trinajstić information content (AvgIpc) is 3.14. The Morgan fingerprint density at radius 3 is 2.47 bits per heavy atom. The first-order valence-electron chi connectivity index (χ1n) is 9.20. The Balaban J connectivity index is 1.84. The van der Waals surface area contributed by atoms with E-state index >= 15 is 0 Å². The molecule has 3 rings (SSSR count). The summed E-state index contributed by atoms with van der Waals surface area (Å²) in [5.74, 6) is 0.427. The van der Waals surface area contributed by atoms with Crippen molar-refractivity contribution in [2.24, 2.45) is 10.9 Å². The topological polar surface area (TPSA) is 72.7 Å². The van der Waals surface area contributed by atoms with Gasteiger partial charge in [0, 0.05) is 11.6 Å². The third kappa shape index (κ3) is 5.54. The summed E-state index contributed by atoms with van der Waals surface area (Å²) in [5, 5.41) is 12.1. The van der Waals surface area contributed by atoms with Crippen LogP contribution in [0.4, 0.5) is 32.0 Å². The van der Waals surface area contributed by atoms with Crippen molar-refractivity contribution in [1.29, 1.82) is 5.26 Å². The number of nitriles is 1. The van der Waals surface area contributed by atoms with Crippen LogP contribution in [0.25, 0.3) is 0 Å². The number of piperidine rings is 1. The predicted octanol–water partition coefficient (Wildman–Crippen LogP) is 3.20. The van der Waals surface area contributed by atoms with Gasteiger partial charge >= 0.3 is 12.4 Å². The van der Waals surface area contributed by atoms with Crippen molar-refractivity contribution in [2.75, 3.05) is 31.1 Å². The second-order valence-corrected chi connectivity index (χ2v) is 7.06. The number of nitrogens with one attached hydrogen (secondary N) is 2. The lowest BCUT2D eigenvalue weighted by Gasteiger charge is -2.28. The zero-order valence-electron chi connectivity index (χ0n) is 15.6. The van der Waals surface area contributed by atoms with Crippen LogP contribution in [-0.2, 0) is 11.0 Å². The summed E-state index contributed by atoms with van der Waals surface area (Å²) in [7, 11) is 0. The Morgan fingerprint density at radius 1 is 1.17 bits per heavy atom. The summed E-state index contributed by atoms with van der Waals surface area (Å²) in [5.41, 5.74) is 0.288. The minimum Gasteiger partial charge on any atom is -0.391 e. The lowest BCUT2D eigenvalue weighted by molar-refractivity contribution is -0.137. The van der Waals surface area contributed by atoms with Crippen molar-refractivity contribution in [1.82, 2.24) is 10.8 Å². The molecule has 2 heterocycles. The van der Waals surface area contributed by atoms with E-state index in [1.807, 2.05) is 0 Å². The van der Waals surface area contributed by atoms with Crippen LogP contribution in [0.5, 0.6) is 0 Å². The van der Waals surface area contributed by atoms with Crippen molar-refractivity contribution in [2.45, 2.75) is 31.4 Å². The normalized spacial score (nSPS) is 20.4. The van der Waals surface area contributed by atoms with Gasteiger partial charge in [0.2, 0.25) is 5.90 Å². The standard InChI is InChI=1S/C18H19F6N5O/c19-17(20,21)10-29(13-2-1-12(8-25)14(7-13)18(22,23)24)9-15-27-16(30-28-15)11-3-5-26-6-4-11/h1-2,7,11,15,26,28H,3-6,9-10H2. The second kappa shape index (κ2) is 8.69. The van der Waals surface area contributed by atoms with Crippen LogP contribution in [-0.4, -0.2) is 44.4 Å². The average molecular weight is 435 g/mol. The summed E-state index contributed by atoms with van der Waals surface area (Å²) in [4.78, 5) is 10.4. The number of hydrogen-bond donors (Lipinski definition) is 2. The number of hydrogen-bond acceptors (Lipinski definition) is 6. The molecule has 1 atom stereocenters. The van der Waals surface area contributed by atoms with E-state index in [4.69, 9.17) is 10.1 Å². The summed E-state index contributed by atoms with van der Waals surface area (Å²) in [6.45, 7) is -0.309. The van der Waals surface area contributed by atoms with Crippen LogP contribution < -0.4 is 15.7 Å². The molecule has 1 aromatic rings. The van der Waals surface area contributed by atoms with E-state index in [0.717, 1.165) is 43.0 Å². The lowest BCUT2D eigenvalue weighted by atomic mass is 9.98. The molecule has 12 heteroatoms. The highest BCUT2D eigenvalue weighted by atomic mass is 19.4. The summed E-state index contributed by atoms with van der Waals surface area (Å²) >= 11 is 0. The van der Waals surface area contributed by atoms with Gasteiger partial charge in [0.15, 0.2) is 6.17 Å². The maximum absolute atomic E-state index is 13.2. The lowest BCUT2D eigenvalue weighted by Crippen LogP contribution is -2.42. The van der Waals surface area contributed by atoms with Gasteiger partial charge in [-0.3, -0.25) is 0 Å². The molecule has 0 spiro atoms. The van der Waals surface area contributed by atoms with E-state index in [9.17, 15) is 26.3 Å². The first-order chi connectivity index (χ1) is 14.1. The van der Waals surface area contributed by atoms with Crippen LogP contribution in [0.3, 0.4) is 0 Å². The quantitative estimate of drug-likeness (QED) is 0.695. The zero-order chi connectivity index (χ0) is 21.9. The van der Waals surface area contributed by atoms with Crippen molar-refractivity contribution >= 4 is 11.6 Å². The maximum atomic E-state index is 13.2. The molecule has 1 unspecified atom stereocenters. The highest BCUT2D eigenvalue weighted by Crippen LogP contribution is 2.35. The zero-order valence-corrected chi connectivity index (χ0v) is 15.6. The van der Waals surface area contributed by atoms with Gasteiger partial charge in [-0.2, -0.15) is 31.6 Å². The van der Waals surface area contributed by atoms with E-state index in [0.29, 0.717) is 12.0 Å². The van der Waals surface area contributed by atoms with Gasteiger partial charge in [-0.1, -0.05) is 0 Å². The number of alkyl halides is 6. The van der Waals surface area contributed by atoms with Crippen molar-refractivity contribution in [3.8, 4) is 6.07 Å². The van der Waals surface area contributed by atoms with Crippen LogP contribution >= 0.6 is 0 Å². The predicted molar refractivity (Wildman–Crippen MR) is 95.5 cm³/mol. The molecule has 0 bridgehead atoms. The molecule has 6 nitrogen and oxygen atoms in total. The fourth-order valence-corrected chi connectivity index (χ4v) is 3.42. The van der Waals surface area contributed by atoms with Crippen LogP contribution in [0.1, 0.15) is 24.0 Å². The molecule has 0 aromatic heterocycles. The molecule has 2 aliphatic heterocycles. The molecule has 2 aliphatic rings. The number of anilines is 1. The number of hydroxylamine groups is 1. The molecule has 0 saturated carbocycles.